The van der Waals surface area contributed by atoms with E-state index in [0.29, 0.717) is 23.2 Å². The van der Waals surface area contributed by atoms with Gasteiger partial charge >= 0.3 is 0 Å². The molecule has 0 radical (unpaired) electrons. The van der Waals surface area contributed by atoms with E-state index in [4.69, 9.17) is 9.26 Å². The van der Waals surface area contributed by atoms with Gasteiger partial charge in [0.15, 0.2) is 5.82 Å². The third-order valence-corrected chi connectivity index (χ3v) is 3.37. The quantitative estimate of drug-likeness (QED) is 0.871. The SMILES string of the molecule is COc1ccc(NC(C)=O)cc1N[C@H](C)c1nc(C(C)(C)C)no1. The van der Waals surface area contributed by atoms with E-state index >= 15 is 0 Å². The molecule has 0 aliphatic heterocycles. The highest BCUT2D eigenvalue weighted by Gasteiger charge is 2.23. The molecule has 0 saturated carbocycles. The van der Waals surface area contributed by atoms with E-state index in [9.17, 15) is 4.79 Å². The lowest BCUT2D eigenvalue weighted by Crippen LogP contribution is -2.14. The summed E-state index contributed by atoms with van der Waals surface area (Å²) in [5.41, 5.74) is 1.23. The van der Waals surface area contributed by atoms with Crippen LogP contribution in [-0.2, 0) is 10.2 Å². The molecule has 7 nitrogen and oxygen atoms in total. The predicted octanol–water partition coefficient (Wildman–Crippen LogP) is 3.51. The molecule has 1 aromatic carbocycles. The third kappa shape index (κ3) is 4.24. The maximum absolute atomic E-state index is 11.2. The summed E-state index contributed by atoms with van der Waals surface area (Å²) in [4.78, 5) is 15.7. The van der Waals surface area contributed by atoms with Crippen LogP contribution in [0.5, 0.6) is 5.75 Å². The molecule has 1 heterocycles. The molecule has 1 amide bonds. The fourth-order valence-corrected chi connectivity index (χ4v) is 2.11. The number of hydrogen-bond acceptors (Lipinski definition) is 6. The lowest BCUT2D eigenvalue weighted by atomic mass is 9.96. The molecule has 0 aliphatic carbocycles. The van der Waals surface area contributed by atoms with Crippen LogP contribution in [-0.4, -0.2) is 23.2 Å². The predicted molar refractivity (Wildman–Crippen MR) is 92.3 cm³/mol. The fraction of sp³-hybridized carbons (Fsp3) is 0.471. The van der Waals surface area contributed by atoms with E-state index in [2.05, 4.69) is 20.8 Å². The van der Waals surface area contributed by atoms with Gasteiger partial charge in [-0.25, -0.2) is 0 Å². The zero-order valence-electron chi connectivity index (χ0n) is 14.9. The number of nitrogens with one attached hydrogen (secondary N) is 2. The topological polar surface area (TPSA) is 89.3 Å². The smallest absolute Gasteiger partial charge is 0.248 e. The number of hydrogen-bond donors (Lipinski definition) is 2. The largest absolute Gasteiger partial charge is 0.495 e. The van der Waals surface area contributed by atoms with Crippen LogP contribution < -0.4 is 15.4 Å². The first-order valence-corrected chi connectivity index (χ1v) is 7.77. The summed E-state index contributed by atoms with van der Waals surface area (Å²) in [7, 11) is 1.59. The minimum Gasteiger partial charge on any atom is -0.495 e. The normalized spacial score (nSPS) is 12.6. The van der Waals surface area contributed by atoms with E-state index in [1.165, 1.54) is 6.92 Å². The van der Waals surface area contributed by atoms with E-state index in [1.54, 1.807) is 25.3 Å². The van der Waals surface area contributed by atoms with Gasteiger partial charge in [-0.05, 0) is 25.1 Å². The van der Waals surface area contributed by atoms with Crippen molar-refractivity contribution in [3.8, 4) is 5.75 Å². The van der Waals surface area contributed by atoms with Crippen LogP contribution in [0.3, 0.4) is 0 Å². The first-order chi connectivity index (χ1) is 11.2. The van der Waals surface area contributed by atoms with Gasteiger partial charge in [0.1, 0.15) is 11.8 Å². The minimum absolute atomic E-state index is 0.133. The highest BCUT2D eigenvalue weighted by molar-refractivity contribution is 5.89. The van der Waals surface area contributed by atoms with Crippen molar-refractivity contribution in [3.05, 3.63) is 29.9 Å². The van der Waals surface area contributed by atoms with E-state index < -0.39 is 0 Å². The Kier molecular flexibility index (Phi) is 5.11. The first kappa shape index (κ1) is 17.8. The van der Waals surface area contributed by atoms with Crippen LogP contribution in [0.15, 0.2) is 22.7 Å². The van der Waals surface area contributed by atoms with Gasteiger partial charge in [0.25, 0.3) is 0 Å². The second kappa shape index (κ2) is 6.90. The Morgan fingerprint density at radius 3 is 2.58 bits per heavy atom. The van der Waals surface area contributed by atoms with Gasteiger partial charge in [-0.15, -0.1) is 0 Å². The summed E-state index contributed by atoms with van der Waals surface area (Å²) in [6.45, 7) is 9.47. The van der Waals surface area contributed by atoms with Crippen molar-refractivity contribution < 1.29 is 14.1 Å². The Morgan fingerprint density at radius 2 is 2.04 bits per heavy atom. The highest BCUT2D eigenvalue weighted by atomic mass is 16.5. The molecule has 2 rings (SSSR count). The van der Waals surface area contributed by atoms with E-state index in [1.807, 2.05) is 27.7 Å². The third-order valence-electron chi connectivity index (χ3n) is 3.37. The lowest BCUT2D eigenvalue weighted by molar-refractivity contribution is -0.114. The summed E-state index contributed by atoms with van der Waals surface area (Å²) < 4.78 is 10.7. The number of ether oxygens (including phenoxy) is 1. The summed E-state index contributed by atoms with van der Waals surface area (Å²) in [6.07, 6.45) is 0. The molecular weight excluding hydrogens is 308 g/mol. The molecule has 0 saturated heterocycles. The van der Waals surface area contributed by atoms with Gasteiger partial charge in [0.2, 0.25) is 11.8 Å². The van der Waals surface area contributed by atoms with Gasteiger partial charge in [0, 0.05) is 18.0 Å². The van der Waals surface area contributed by atoms with Gasteiger partial charge in [0.05, 0.1) is 12.8 Å². The average molecular weight is 332 g/mol. The molecule has 0 fully saturated rings. The van der Waals surface area contributed by atoms with Gasteiger partial charge in [-0.1, -0.05) is 25.9 Å². The Morgan fingerprint density at radius 1 is 1.33 bits per heavy atom. The number of nitrogens with zero attached hydrogens (tertiary/aromatic N) is 2. The maximum Gasteiger partial charge on any atom is 0.248 e. The second-order valence-corrected chi connectivity index (χ2v) is 6.67. The molecule has 2 N–H and O–H groups in total. The van der Waals surface area contributed by atoms with Gasteiger partial charge < -0.3 is 19.9 Å². The van der Waals surface area contributed by atoms with E-state index in [-0.39, 0.29) is 17.4 Å². The molecule has 2 aromatic rings. The summed E-state index contributed by atoms with van der Waals surface area (Å²) in [5, 5.41) is 10.1. The van der Waals surface area contributed by atoms with Crippen molar-refractivity contribution in [2.45, 2.75) is 46.1 Å². The number of carbonyl (C=O) groups excluding carboxylic acids is 1. The number of methoxy groups -OCH3 is 1. The summed E-state index contributed by atoms with van der Waals surface area (Å²) in [6, 6.07) is 5.16. The summed E-state index contributed by atoms with van der Waals surface area (Å²) >= 11 is 0. The molecule has 7 heteroatoms. The van der Waals surface area contributed by atoms with Crippen LogP contribution in [0.2, 0.25) is 0 Å². The van der Waals surface area contributed by atoms with Crippen LogP contribution in [0, 0.1) is 0 Å². The molecule has 24 heavy (non-hydrogen) atoms. The number of carbonyl (C=O) groups is 1. The second-order valence-electron chi connectivity index (χ2n) is 6.67. The van der Waals surface area contributed by atoms with Crippen molar-refractivity contribution in [1.29, 1.82) is 0 Å². The number of amides is 1. The highest BCUT2D eigenvalue weighted by Crippen LogP contribution is 2.31. The molecule has 1 atom stereocenters. The summed E-state index contributed by atoms with van der Waals surface area (Å²) in [5.74, 6) is 1.68. The van der Waals surface area contributed by atoms with Crippen LogP contribution in [0.1, 0.15) is 52.4 Å². The molecule has 130 valence electrons. The van der Waals surface area contributed by atoms with E-state index in [0.717, 1.165) is 5.69 Å². The lowest BCUT2D eigenvalue weighted by Gasteiger charge is -2.16. The standard InChI is InChI=1S/C17H24N4O3/c1-10(15-20-16(21-24-15)17(3,4)5)18-13-9-12(19-11(2)22)7-8-14(13)23-6/h7-10,18H,1-6H3,(H,19,22)/t10-/m1/s1. The van der Waals surface area contributed by atoms with Crippen molar-refractivity contribution in [2.75, 3.05) is 17.7 Å². The van der Waals surface area contributed by atoms with Crippen molar-refractivity contribution in [1.82, 2.24) is 10.1 Å². The molecule has 0 spiro atoms. The van der Waals surface area contributed by atoms with Crippen molar-refractivity contribution in [3.63, 3.8) is 0 Å². The number of aromatic nitrogens is 2. The minimum atomic E-state index is -0.213. The Labute approximate surface area is 141 Å². The van der Waals surface area contributed by atoms with Crippen LogP contribution in [0.4, 0.5) is 11.4 Å². The van der Waals surface area contributed by atoms with Crippen molar-refractivity contribution in [2.24, 2.45) is 0 Å². The zero-order valence-corrected chi connectivity index (χ0v) is 14.9. The molecule has 0 bridgehead atoms. The number of rotatable bonds is 5. The first-order valence-electron chi connectivity index (χ1n) is 7.77. The molecule has 1 aromatic heterocycles. The Bertz CT molecular complexity index is 719. The zero-order chi connectivity index (χ0) is 17.9. The fourth-order valence-electron chi connectivity index (χ4n) is 2.11. The molecule has 0 unspecified atom stereocenters. The number of benzene rings is 1. The van der Waals surface area contributed by atoms with Gasteiger partial charge in [-0.3, -0.25) is 4.79 Å². The Hall–Kier alpha value is -2.57. The van der Waals surface area contributed by atoms with Gasteiger partial charge in [-0.2, -0.15) is 4.98 Å². The van der Waals surface area contributed by atoms with Crippen molar-refractivity contribution >= 4 is 17.3 Å². The number of anilines is 2. The molecular formula is C17H24N4O3. The monoisotopic (exact) mass is 332 g/mol. The Balaban J connectivity index is 2.22. The molecule has 0 aliphatic rings. The maximum atomic E-state index is 11.2. The van der Waals surface area contributed by atoms with Crippen LogP contribution in [0.25, 0.3) is 0 Å². The van der Waals surface area contributed by atoms with Crippen LogP contribution >= 0.6 is 0 Å². The average Bonchev–Trinajstić information content (AvgIpc) is 2.97.